The van der Waals surface area contributed by atoms with E-state index in [1.165, 1.54) is 31.5 Å². The molecule has 0 amide bonds. The molecule has 2 rings (SSSR count). The SMILES string of the molecule is CC(NP(=O)(O)Cc1ccccc1)(C(=O)O)c1ccncc1. The van der Waals surface area contributed by atoms with Crippen LogP contribution in [0.3, 0.4) is 0 Å². The van der Waals surface area contributed by atoms with Crippen molar-refractivity contribution in [3.8, 4) is 0 Å². The van der Waals surface area contributed by atoms with E-state index in [-0.39, 0.29) is 6.16 Å². The molecule has 0 fully saturated rings. The van der Waals surface area contributed by atoms with Gasteiger partial charge in [-0.25, -0.2) is 9.88 Å². The third-order valence-corrected chi connectivity index (χ3v) is 4.91. The topological polar surface area (TPSA) is 99.5 Å². The monoisotopic (exact) mass is 320 g/mol. The van der Waals surface area contributed by atoms with Gasteiger partial charge in [0.05, 0.1) is 6.16 Å². The van der Waals surface area contributed by atoms with Gasteiger partial charge in [-0.15, -0.1) is 0 Å². The zero-order chi connectivity index (χ0) is 16.2. The van der Waals surface area contributed by atoms with Gasteiger partial charge < -0.3 is 10.00 Å². The number of nitrogens with one attached hydrogen (secondary N) is 1. The molecular weight excluding hydrogens is 303 g/mol. The van der Waals surface area contributed by atoms with Gasteiger partial charge in [0, 0.05) is 12.4 Å². The maximum absolute atomic E-state index is 12.4. The molecule has 116 valence electrons. The summed E-state index contributed by atoms with van der Waals surface area (Å²) in [5.74, 6) is -1.24. The molecule has 2 atom stereocenters. The molecule has 3 N–H and O–H groups in total. The largest absolute Gasteiger partial charge is 0.480 e. The van der Waals surface area contributed by atoms with Crippen LogP contribution in [-0.2, 0) is 21.1 Å². The maximum Gasteiger partial charge on any atom is 0.328 e. The van der Waals surface area contributed by atoms with E-state index < -0.39 is 19.0 Å². The molecule has 0 aliphatic carbocycles. The van der Waals surface area contributed by atoms with Crippen molar-refractivity contribution in [3.05, 3.63) is 66.0 Å². The number of pyridine rings is 1. The second kappa shape index (κ2) is 6.40. The molecule has 22 heavy (non-hydrogen) atoms. The van der Waals surface area contributed by atoms with Crippen LogP contribution in [0.15, 0.2) is 54.9 Å². The fraction of sp³-hybridized carbons (Fsp3) is 0.200. The molecule has 0 saturated carbocycles. The van der Waals surface area contributed by atoms with Gasteiger partial charge >= 0.3 is 5.97 Å². The van der Waals surface area contributed by atoms with E-state index in [4.69, 9.17) is 0 Å². The summed E-state index contributed by atoms with van der Waals surface area (Å²) >= 11 is 0. The summed E-state index contributed by atoms with van der Waals surface area (Å²) in [5, 5.41) is 11.9. The lowest BCUT2D eigenvalue weighted by molar-refractivity contribution is -0.143. The van der Waals surface area contributed by atoms with E-state index in [9.17, 15) is 19.4 Å². The van der Waals surface area contributed by atoms with Gasteiger partial charge in [0.25, 0.3) is 7.52 Å². The highest BCUT2D eigenvalue weighted by Crippen LogP contribution is 2.44. The van der Waals surface area contributed by atoms with Gasteiger partial charge in [-0.05, 0) is 30.2 Å². The van der Waals surface area contributed by atoms with Crippen LogP contribution in [0.1, 0.15) is 18.1 Å². The molecule has 0 spiro atoms. The van der Waals surface area contributed by atoms with Gasteiger partial charge in [-0.1, -0.05) is 30.3 Å². The van der Waals surface area contributed by atoms with Crippen LogP contribution >= 0.6 is 7.52 Å². The van der Waals surface area contributed by atoms with Crippen LogP contribution in [0.5, 0.6) is 0 Å². The average molecular weight is 320 g/mol. The van der Waals surface area contributed by atoms with Crippen molar-refractivity contribution in [3.63, 3.8) is 0 Å². The Kier molecular flexibility index (Phi) is 4.76. The Morgan fingerprint density at radius 1 is 1.23 bits per heavy atom. The predicted molar refractivity (Wildman–Crippen MR) is 82.3 cm³/mol. The summed E-state index contributed by atoms with van der Waals surface area (Å²) in [7, 11) is -3.91. The number of hydrogen-bond acceptors (Lipinski definition) is 3. The molecule has 6 nitrogen and oxygen atoms in total. The molecule has 0 saturated heterocycles. The van der Waals surface area contributed by atoms with Crippen LogP contribution in [-0.4, -0.2) is 21.0 Å². The Balaban J connectivity index is 2.28. The number of aromatic nitrogens is 1. The van der Waals surface area contributed by atoms with Crippen LogP contribution in [0.2, 0.25) is 0 Å². The Morgan fingerprint density at radius 2 is 1.82 bits per heavy atom. The minimum Gasteiger partial charge on any atom is -0.480 e. The number of nitrogens with zero attached hydrogens (tertiary/aromatic N) is 1. The van der Waals surface area contributed by atoms with Crippen LogP contribution in [0, 0.1) is 0 Å². The predicted octanol–water partition coefficient (Wildman–Crippen LogP) is 2.36. The number of benzene rings is 1. The molecule has 0 aliphatic heterocycles. The van der Waals surface area contributed by atoms with Crippen molar-refractivity contribution in [1.29, 1.82) is 0 Å². The van der Waals surface area contributed by atoms with Crippen molar-refractivity contribution in [2.24, 2.45) is 0 Å². The highest BCUT2D eigenvalue weighted by atomic mass is 31.2. The lowest BCUT2D eigenvalue weighted by Crippen LogP contribution is -2.45. The Morgan fingerprint density at radius 3 is 2.36 bits per heavy atom. The van der Waals surface area contributed by atoms with E-state index in [1.807, 2.05) is 0 Å². The van der Waals surface area contributed by atoms with Gasteiger partial charge in [0.1, 0.15) is 5.54 Å². The molecule has 1 aromatic heterocycles. The van der Waals surface area contributed by atoms with Gasteiger partial charge in [0.2, 0.25) is 0 Å². The summed E-state index contributed by atoms with van der Waals surface area (Å²) in [4.78, 5) is 25.6. The Hall–Kier alpha value is -2.01. The van der Waals surface area contributed by atoms with Crippen LogP contribution < -0.4 is 5.09 Å². The molecule has 0 bridgehead atoms. The highest BCUT2D eigenvalue weighted by molar-refractivity contribution is 7.55. The number of carboxylic acids is 1. The third-order valence-electron chi connectivity index (χ3n) is 3.32. The van der Waals surface area contributed by atoms with E-state index >= 15 is 0 Å². The van der Waals surface area contributed by atoms with Crippen LogP contribution in [0.4, 0.5) is 0 Å². The fourth-order valence-corrected chi connectivity index (χ4v) is 3.85. The smallest absolute Gasteiger partial charge is 0.328 e. The van der Waals surface area contributed by atoms with Crippen LogP contribution in [0.25, 0.3) is 0 Å². The van der Waals surface area contributed by atoms with E-state index in [1.54, 1.807) is 30.3 Å². The first-order chi connectivity index (χ1) is 10.3. The Labute approximate surface area is 128 Å². The van der Waals surface area contributed by atoms with E-state index in [0.717, 1.165) is 0 Å². The quantitative estimate of drug-likeness (QED) is 0.707. The first-order valence-electron chi connectivity index (χ1n) is 6.62. The Bertz CT molecular complexity index is 693. The summed E-state index contributed by atoms with van der Waals surface area (Å²) in [6, 6.07) is 11.8. The molecule has 1 heterocycles. The lowest BCUT2D eigenvalue weighted by Gasteiger charge is -2.29. The number of carbonyl (C=O) groups is 1. The number of aliphatic carboxylic acids is 1. The third kappa shape index (κ3) is 3.80. The first-order valence-corrected chi connectivity index (χ1v) is 8.47. The minimum absolute atomic E-state index is 0.151. The zero-order valence-corrected chi connectivity index (χ0v) is 12.9. The molecule has 0 aliphatic rings. The standard InChI is InChI=1S/C15H17N2O4P/c1-15(14(18)19,13-7-9-16-10-8-13)17-22(20,21)11-12-5-3-2-4-6-12/h2-10H,11H2,1H3,(H,18,19)(H2,17,20,21). The van der Waals surface area contributed by atoms with Gasteiger partial charge in [-0.2, -0.15) is 0 Å². The molecule has 7 heteroatoms. The van der Waals surface area contributed by atoms with Crippen molar-refractivity contribution in [2.75, 3.05) is 0 Å². The summed E-state index contributed by atoms with van der Waals surface area (Å²) in [6.07, 6.45) is 2.73. The van der Waals surface area contributed by atoms with Gasteiger partial charge in [-0.3, -0.25) is 9.55 Å². The van der Waals surface area contributed by atoms with Gasteiger partial charge in [0.15, 0.2) is 0 Å². The van der Waals surface area contributed by atoms with E-state index in [2.05, 4.69) is 10.1 Å². The summed E-state index contributed by atoms with van der Waals surface area (Å²) < 4.78 is 12.4. The molecule has 2 aromatic rings. The van der Waals surface area contributed by atoms with Crippen molar-refractivity contribution < 1.29 is 19.4 Å². The van der Waals surface area contributed by atoms with Crippen molar-refractivity contribution >= 4 is 13.5 Å². The maximum atomic E-state index is 12.4. The highest BCUT2D eigenvalue weighted by Gasteiger charge is 2.40. The van der Waals surface area contributed by atoms with E-state index in [0.29, 0.717) is 11.1 Å². The number of hydrogen-bond donors (Lipinski definition) is 3. The molecule has 1 aromatic carbocycles. The molecule has 2 unspecified atom stereocenters. The van der Waals surface area contributed by atoms with Crippen molar-refractivity contribution in [2.45, 2.75) is 18.6 Å². The molecular formula is C15H17N2O4P. The molecule has 0 radical (unpaired) electrons. The number of rotatable bonds is 6. The summed E-state index contributed by atoms with van der Waals surface area (Å²) in [5.41, 5.74) is -0.664. The fourth-order valence-electron chi connectivity index (χ4n) is 2.14. The van der Waals surface area contributed by atoms with Crippen molar-refractivity contribution in [1.82, 2.24) is 10.1 Å². The number of carboxylic acid groups (broad SMARTS) is 1. The normalized spacial score (nSPS) is 16.5. The average Bonchev–Trinajstić information content (AvgIpc) is 2.48. The second-order valence-corrected chi connectivity index (χ2v) is 7.07. The zero-order valence-electron chi connectivity index (χ0n) is 12.0. The summed E-state index contributed by atoms with van der Waals surface area (Å²) in [6.45, 7) is 1.36. The second-order valence-electron chi connectivity index (χ2n) is 5.12. The first kappa shape index (κ1) is 16.4. The minimum atomic E-state index is -3.91. The lowest BCUT2D eigenvalue weighted by atomic mass is 9.95.